The first kappa shape index (κ1) is 9.02. The third-order valence-corrected chi connectivity index (χ3v) is 2.25. The fraction of sp³-hybridized carbons (Fsp3) is 0.200. The van der Waals surface area contributed by atoms with Gasteiger partial charge in [0.15, 0.2) is 0 Å². The van der Waals surface area contributed by atoms with Crippen molar-refractivity contribution in [2.75, 3.05) is 5.73 Å². The quantitative estimate of drug-likeness (QED) is 0.383. The number of rotatable bonds is 1. The van der Waals surface area contributed by atoms with Crippen LogP contribution < -0.4 is 5.73 Å². The molecule has 0 aromatic heterocycles. The Morgan fingerprint density at radius 2 is 2.25 bits per heavy atom. The Kier molecular flexibility index (Phi) is 2.67. The summed E-state index contributed by atoms with van der Waals surface area (Å²) in [7, 11) is 0. The molecule has 0 saturated carbocycles. The van der Waals surface area contributed by atoms with Gasteiger partial charge in [0.25, 0.3) is 0 Å². The lowest BCUT2D eigenvalue weighted by atomic mass is 10.1. The molecular weight excluding hydrogens is 166 g/mol. The van der Waals surface area contributed by atoms with Crippen molar-refractivity contribution >= 4 is 18.3 Å². The SMILES string of the molecule is C#CCc1cc(N)c(C)c(S)c1. The Hall–Kier alpha value is -1.07. The van der Waals surface area contributed by atoms with E-state index < -0.39 is 0 Å². The van der Waals surface area contributed by atoms with Crippen molar-refractivity contribution in [2.24, 2.45) is 0 Å². The number of thiol groups is 1. The van der Waals surface area contributed by atoms with Crippen LogP contribution in [0.5, 0.6) is 0 Å². The minimum atomic E-state index is 0.609. The highest BCUT2D eigenvalue weighted by atomic mass is 32.1. The highest BCUT2D eigenvalue weighted by Gasteiger charge is 2.00. The van der Waals surface area contributed by atoms with E-state index in [1.165, 1.54) is 0 Å². The van der Waals surface area contributed by atoms with Gasteiger partial charge in [-0.2, -0.15) is 0 Å². The maximum absolute atomic E-state index is 5.73. The summed E-state index contributed by atoms with van der Waals surface area (Å²) in [5.74, 6) is 2.57. The monoisotopic (exact) mass is 177 g/mol. The summed E-state index contributed by atoms with van der Waals surface area (Å²) >= 11 is 4.28. The largest absolute Gasteiger partial charge is 0.398 e. The number of anilines is 1. The van der Waals surface area contributed by atoms with Crippen LogP contribution in [0.25, 0.3) is 0 Å². The Balaban J connectivity index is 3.14. The molecule has 0 bridgehead atoms. The molecule has 2 heteroatoms. The zero-order valence-corrected chi connectivity index (χ0v) is 7.86. The molecule has 1 rings (SSSR count). The van der Waals surface area contributed by atoms with Crippen molar-refractivity contribution in [2.45, 2.75) is 18.2 Å². The van der Waals surface area contributed by atoms with E-state index in [4.69, 9.17) is 12.2 Å². The van der Waals surface area contributed by atoms with Gasteiger partial charge in [-0.15, -0.1) is 25.0 Å². The maximum Gasteiger partial charge on any atom is 0.0358 e. The Bertz CT molecular complexity index is 313. The average molecular weight is 177 g/mol. The van der Waals surface area contributed by atoms with Crippen LogP contribution in [-0.4, -0.2) is 0 Å². The molecule has 0 aliphatic rings. The van der Waals surface area contributed by atoms with Gasteiger partial charge >= 0.3 is 0 Å². The van der Waals surface area contributed by atoms with Gasteiger partial charge in [0.05, 0.1) is 0 Å². The molecule has 0 amide bonds. The van der Waals surface area contributed by atoms with E-state index in [0.29, 0.717) is 6.42 Å². The van der Waals surface area contributed by atoms with Gasteiger partial charge in [-0.25, -0.2) is 0 Å². The molecule has 0 spiro atoms. The molecular formula is C10H11NS. The molecule has 0 radical (unpaired) electrons. The molecule has 0 fully saturated rings. The van der Waals surface area contributed by atoms with E-state index in [1.807, 2.05) is 19.1 Å². The van der Waals surface area contributed by atoms with Gasteiger partial charge in [-0.1, -0.05) is 0 Å². The van der Waals surface area contributed by atoms with Crippen molar-refractivity contribution in [1.82, 2.24) is 0 Å². The first-order valence-corrected chi connectivity index (χ1v) is 4.11. The van der Waals surface area contributed by atoms with E-state index in [1.54, 1.807) is 0 Å². The molecule has 0 saturated heterocycles. The third-order valence-electron chi connectivity index (χ3n) is 1.79. The van der Waals surface area contributed by atoms with Crippen molar-refractivity contribution in [3.05, 3.63) is 23.3 Å². The van der Waals surface area contributed by atoms with Crippen LogP contribution in [0, 0.1) is 19.3 Å². The summed E-state index contributed by atoms with van der Waals surface area (Å²) in [5.41, 5.74) is 8.55. The van der Waals surface area contributed by atoms with E-state index in [-0.39, 0.29) is 0 Å². The second kappa shape index (κ2) is 3.55. The third kappa shape index (κ3) is 1.75. The molecule has 0 atom stereocenters. The molecule has 0 aliphatic heterocycles. The summed E-state index contributed by atoms with van der Waals surface area (Å²) in [6.07, 6.45) is 5.79. The van der Waals surface area contributed by atoms with Crippen molar-refractivity contribution < 1.29 is 0 Å². The number of benzene rings is 1. The summed E-state index contributed by atoms with van der Waals surface area (Å²) in [5, 5.41) is 0. The van der Waals surface area contributed by atoms with Gasteiger partial charge in [-0.3, -0.25) is 0 Å². The lowest BCUT2D eigenvalue weighted by Gasteiger charge is -2.05. The molecule has 0 unspecified atom stereocenters. The first-order chi connectivity index (χ1) is 5.65. The topological polar surface area (TPSA) is 26.0 Å². The standard InChI is InChI=1S/C10H11NS/c1-3-4-8-5-9(11)7(2)10(12)6-8/h1,5-6,12H,4,11H2,2H3. The minimum absolute atomic E-state index is 0.609. The van der Waals surface area contributed by atoms with Crippen LogP contribution in [0.1, 0.15) is 11.1 Å². The zero-order valence-electron chi connectivity index (χ0n) is 6.96. The molecule has 0 heterocycles. The lowest BCUT2D eigenvalue weighted by molar-refractivity contribution is 1.23. The van der Waals surface area contributed by atoms with Crippen LogP contribution in [0.15, 0.2) is 17.0 Å². The highest BCUT2D eigenvalue weighted by molar-refractivity contribution is 7.80. The molecule has 62 valence electrons. The Labute approximate surface area is 78.4 Å². The van der Waals surface area contributed by atoms with Crippen LogP contribution in [-0.2, 0) is 6.42 Å². The minimum Gasteiger partial charge on any atom is -0.398 e. The number of hydrogen-bond donors (Lipinski definition) is 2. The van der Waals surface area contributed by atoms with E-state index in [9.17, 15) is 0 Å². The number of nitrogen functional groups attached to an aromatic ring is 1. The summed E-state index contributed by atoms with van der Waals surface area (Å²) in [6, 6.07) is 3.85. The molecule has 1 aromatic carbocycles. The zero-order chi connectivity index (χ0) is 9.14. The summed E-state index contributed by atoms with van der Waals surface area (Å²) < 4.78 is 0. The fourth-order valence-corrected chi connectivity index (χ4v) is 1.30. The smallest absolute Gasteiger partial charge is 0.0358 e. The number of nitrogens with two attached hydrogens (primary N) is 1. The Morgan fingerprint density at radius 1 is 1.58 bits per heavy atom. The summed E-state index contributed by atoms with van der Waals surface area (Å²) in [4.78, 5) is 0.903. The molecule has 1 nitrogen and oxygen atoms in total. The summed E-state index contributed by atoms with van der Waals surface area (Å²) in [6.45, 7) is 1.94. The average Bonchev–Trinajstić information content (AvgIpc) is 2.01. The van der Waals surface area contributed by atoms with E-state index in [2.05, 4.69) is 18.5 Å². The van der Waals surface area contributed by atoms with Crippen LogP contribution >= 0.6 is 12.6 Å². The maximum atomic E-state index is 5.73. The van der Waals surface area contributed by atoms with Crippen molar-refractivity contribution in [1.29, 1.82) is 0 Å². The Morgan fingerprint density at radius 3 is 2.75 bits per heavy atom. The van der Waals surface area contributed by atoms with Gasteiger partial charge < -0.3 is 5.73 Å². The van der Waals surface area contributed by atoms with Crippen LogP contribution in [0.4, 0.5) is 5.69 Å². The predicted octanol–water partition coefficient (Wildman–Crippen LogP) is 2.04. The normalized spacial score (nSPS) is 9.42. The van der Waals surface area contributed by atoms with Crippen LogP contribution in [0.2, 0.25) is 0 Å². The van der Waals surface area contributed by atoms with Gasteiger partial charge in [0, 0.05) is 17.0 Å². The molecule has 12 heavy (non-hydrogen) atoms. The first-order valence-electron chi connectivity index (χ1n) is 3.66. The molecule has 2 N–H and O–H groups in total. The number of hydrogen-bond acceptors (Lipinski definition) is 2. The second-order valence-corrected chi connectivity index (χ2v) is 3.19. The molecule has 1 aromatic rings. The highest BCUT2D eigenvalue weighted by Crippen LogP contribution is 2.21. The van der Waals surface area contributed by atoms with Crippen LogP contribution in [0.3, 0.4) is 0 Å². The van der Waals surface area contributed by atoms with Crippen molar-refractivity contribution in [3.63, 3.8) is 0 Å². The predicted molar refractivity (Wildman–Crippen MR) is 55.4 cm³/mol. The lowest BCUT2D eigenvalue weighted by Crippen LogP contribution is -1.93. The van der Waals surface area contributed by atoms with E-state index >= 15 is 0 Å². The second-order valence-electron chi connectivity index (χ2n) is 2.71. The number of terminal acetylenes is 1. The molecule has 0 aliphatic carbocycles. The fourth-order valence-electron chi connectivity index (χ4n) is 1.00. The van der Waals surface area contributed by atoms with Gasteiger partial charge in [-0.05, 0) is 30.2 Å². The van der Waals surface area contributed by atoms with Gasteiger partial charge in [0.1, 0.15) is 0 Å². The van der Waals surface area contributed by atoms with E-state index in [0.717, 1.165) is 21.7 Å². The van der Waals surface area contributed by atoms with Gasteiger partial charge in [0.2, 0.25) is 0 Å². The van der Waals surface area contributed by atoms with Crippen molar-refractivity contribution in [3.8, 4) is 12.3 Å².